The summed E-state index contributed by atoms with van der Waals surface area (Å²) in [4.78, 5) is 67.8. The summed E-state index contributed by atoms with van der Waals surface area (Å²) in [5, 5.41) is 4.13. The maximum absolute atomic E-state index is 15.1. The number of hydrogen-bond acceptors (Lipinski definition) is 10. The summed E-state index contributed by atoms with van der Waals surface area (Å²) in [6, 6.07) is 24.8. The average Bonchev–Trinajstić information content (AvgIpc) is 4.00. The smallest absolute Gasteiger partial charge is 0.341 e. The Morgan fingerprint density at radius 2 is 1.27 bits per heavy atom. The minimum Gasteiger partial charge on any atom is -0.449 e. The van der Waals surface area contributed by atoms with Crippen molar-refractivity contribution in [2.45, 2.75) is 73.4 Å². The van der Waals surface area contributed by atoms with Gasteiger partial charge in [-0.05, 0) is 92.1 Å². The summed E-state index contributed by atoms with van der Waals surface area (Å²) in [6.45, 7) is 1.75. The average molecular weight is 858 g/mol. The molecule has 4 aliphatic heterocycles. The van der Waals surface area contributed by atoms with Crippen molar-refractivity contribution in [2.75, 3.05) is 26.2 Å². The van der Waals surface area contributed by atoms with E-state index in [0.717, 1.165) is 48.1 Å². The number of likely N-dealkylation sites (tertiary alicyclic amines) is 2. The van der Waals surface area contributed by atoms with Gasteiger partial charge in [0.2, 0.25) is 11.8 Å². The Morgan fingerprint density at radius 3 is 1.81 bits per heavy atom. The second kappa shape index (κ2) is 15.0. The first-order valence-electron chi connectivity index (χ1n) is 21.9. The molecule has 2 atom stereocenters. The number of nitrogens with zero attached hydrogens (tertiary/aromatic N) is 7. The fraction of sp³-hybridized carbons (Fsp3) is 0.320. The molecule has 12 rings (SSSR count). The summed E-state index contributed by atoms with van der Waals surface area (Å²) in [5.41, 5.74) is 4.23. The number of pyridine rings is 3. The molecule has 6 aliphatic rings. The molecule has 2 aromatic carbocycles. The number of rotatable bonds is 8. The molecule has 6 aromatic rings. The maximum atomic E-state index is 15.1. The van der Waals surface area contributed by atoms with Gasteiger partial charge in [-0.25, -0.2) is 18.7 Å². The Bertz CT molecular complexity index is 2830. The predicted molar refractivity (Wildman–Crippen MR) is 228 cm³/mol. The van der Waals surface area contributed by atoms with E-state index in [1.807, 2.05) is 35.4 Å². The highest BCUT2D eigenvalue weighted by Crippen LogP contribution is 2.54. The molecule has 2 aliphatic carbocycles. The predicted octanol–water partition coefficient (Wildman–Crippen LogP) is 6.33. The number of carbonyl (C=O) groups is 4. The van der Waals surface area contributed by atoms with Crippen LogP contribution in [0, 0.1) is 5.82 Å². The topological polar surface area (TPSA) is 150 Å². The maximum Gasteiger partial charge on any atom is 0.341 e. The minimum absolute atomic E-state index is 0.103. The van der Waals surface area contributed by atoms with Crippen LogP contribution in [0.1, 0.15) is 92.8 Å². The first-order valence-corrected chi connectivity index (χ1v) is 21.9. The van der Waals surface area contributed by atoms with Crippen molar-refractivity contribution in [1.82, 2.24) is 34.5 Å². The Labute approximate surface area is 368 Å². The van der Waals surface area contributed by atoms with Gasteiger partial charge in [-0.3, -0.25) is 24.5 Å². The van der Waals surface area contributed by atoms with Gasteiger partial charge in [0, 0.05) is 91.7 Å². The Morgan fingerprint density at radius 1 is 0.641 bits per heavy atom. The number of ether oxygens (including phenoxy) is 2. The second-order valence-electron chi connectivity index (χ2n) is 17.9. The molecule has 13 nitrogen and oxygen atoms in total. The molecule has 322 valence electrons. The fourth-order valence-corrected chi connectivity index (χ4v) is 10.3. The van der Waals surface area contributed by atoms with Crippen molar-refractivity contribution in [1.29, 1.82) is 0 Å². The lowest BCUT2D eigenvalue weighted by atomic mass is 9.91. The van der Waals surface area contributed by atoms with E-state index in [2.05, 4.69) is 44.3 Å². The summed E-state index contributed by atoms with van der Waals surface area (Å²) in [5.74, 6) is -1.10. The second-order valence-corrected chi connectivity index (χ2v) is 17.9. The normalized spacial score (nSPS) is 22.7. The monoisotopic (exact) mass is 857 g/mol. The molecule has 4 aromatic heterocycles. The number of amides is 2. The van der Waals surface area contributed by atoms with Crippen molar-refractivity contribution < 1.29 is 33.0 Å². The van der Waals surface area contributed by atoms with E-state index >= 15 is 4.39 Å². The van der Waals surface area contributed by atoms with Crippen molar-refractivity contribution in [3.63, 3.8) is 0 Å². The van der Waals surface area contributed by atoms with Crippen LogP contribution in [0.25, 0.3) is 5.69 Å². The fourth-order valence-electron chi connectivity index (χ4n) is 10.3. The molecule has 2 amide bonds. The number of fused-ring (bicyclic) bond motifs is 4. The molecular weight excluding hydrogens is 814 g/mol. The third-order valence-corrected chi connectivity index (χ3v) is 14.1. The largest absolute Gasteiger partial charge is 0.449 e. The number of aryl methyl sites for hydroxylation is 2. The van der Waals surface area contributed by atoms with Gasteiger partial charge < -0.3 is 19.3 Å². The molecule has 8 heterocycles. The number of halogens is 1. The van der Waals surface area contributed by atoms with E-state index in [1.54, 1.807) is 64.8 Å². The molecule has 2 saturated carbocycles. The van der Waals surface area contributed by atoms with Gasteiger partial charge in [0.05, 0.1) is 40.7 Å². The van der Waals surface area contributed by atoms with E-state index in [9.17, 15) is 19.2 Å². The Hall–Kier alpha value is -7.09. The lowest BCUT2D eigenvalue weighted by Crippen LogP contribution is -2.40. The van der Waals surface area contributed by atoms with Crippen LogP contribution in [-0.2, 0) is 53.9 Å². The summed E-state index contributed by atoms with van der Waals surface area (Å²) >= 11 is 0. The van der Waals surface area contributed by atoms with Crippen LogP contribution in [0.4, 0.5) is 4.39 Å². The van der Waals surface area contributed by atoms with Gasteiger partial charge in [0.15, 0.2) is 11.2 Å². The van der Waals surface area contributed by atoms with Crippen molar-refractivity contribution >= 4 is 23.8 Å². The molecule has 0 N–H and O–H groups in total. The third-order valence-electron chi connectivity index (χ3n) is 14.1. The van der Waals surface area contributed by atoms with E-state index in [-0.39, 0.29) is 24.3 Å². The van der Waals surface area contributed by atoms with Gasteiger partial charge in [-0.2, -0.15) is 5.10 Å². The van der Waals surface area contributed by atoms with Gasteiger partial charge in [0.25, 0.3) is 0 Å². The SMILES string of the molecule is O=C1OC2(CCN(C(=O)C3(c4ccc(-n5cccn5)cc4F)CC3)C2)c2ccncc21.O=C1OC2(CCN(C(=O)C3(c4ccc(CCc5ccccn5)cc4)CC3)C2)c2ccncc21. The lowest BCUT2D eigenvalue weighted by molar-refractivity contribution is -0.134. The first-order chi connectivity index (χ1) is 31.1. The number of hydrogen-bond donors (Lipinski definition) is 0. The first kappa shape index (κ1) is 39.7. The summed E-state index contributed by atoms with van der Waals surface area (Å²) in [6.07, 6.45) is 17.5. The lowest BCUT2D eigenvalue weighted by Gasteiger charge is -2.27. The molecule has 2 unspecified atom stereocenters. The zero-order valence-corrected chi connectivity index (χ0v) is 35.0. The highest BCUT2D eigenvalue weighted by molar-refractivity contribution is 5.96. The molecule has 14 heteroatoms. The Balaban J connectivity index is 0.000000143. The standard InChI is InChI=1S/C27H25N3O3.C23H19FN4O3/c31-24-22-17-28-15-10-23(22)27(33-24)13-16-30(18-27)25(32)26(11-12-26)20-7-4-19(5-8-20)6-9-21-3-1-2-14-29-21;24-19-12-15(28-10-1-8-26-28)2-3-18(19)22(5-6-22)21(30)27-11-7-23(14-27)17-4-9-25-13-16(17)20(29)31-23/h1-5,7-8,10,14-15,17H,6,9,11-13,16,18H2;1-4,8-10,12-13H,5-7,11,14H2. The van der Waals surface area contributed by atoms with Gasteiger partial charge in [-0.1, -0.05) is 36.4 Å². The van der Waals surface area contributed by atoms with Crippen molar-refractivity contribution in [3.8, 4) is 5.69 Å². The van der Waals surface area contributed by atoms with E-state index in [0.29, 0.717) is 67.7 Å². The molecule has 0 bridgehead atoms. The highest BCUT2D eigenvalue weighted by atomic mass is 19.1. The highest BCUT2D eigenvalue weighted by Gasteiger charge is 2.60. The number of carbonyl (C=O) groups excluding carboxylic acids is 4. The van der Waals surface area contributed by atoms with Crippen LogP contribution in [0.3, 0.4) is 0 Å². The molecule has 64 heavy (non-hydrogen) atoms. The van der Waals surface area contributed by atoms with Crippen LogP contribution in [0.2, 0.25) is 0 Å². The molecular formula is C50H44FN7O6. The van der Waals surface area contributed by atoms with Gasteiger partial charge >= 0.3 is 11.9 Å². The third kappa shape index (κ3) is 6.57. The Kier molecular flexibility index (Phi) is 9.33. The zero-order chi connectivity index (χ0) is 43.7. The number of benzene rings is 2. The van der Waals surface area contributed by atoms with E-state index < -0.39 is 33.8 Å². The van der Waals surface area contributed by atoms with Crippen LogP contribution in [0.15, 0.2) is 122 Å². The zero-order valence-electron chi connectivity index (χ0n) is 35.0. The van der Waals surface area contributed by atoms with Crippen molar-refractivity contribution in [3.05, 3.63) is 173 Å². The van der Waals surface area contributed by atoms with Gasteiger partial charge in [0.1, 0.15) is 5.82 Å². The molecule has 4 fully saturated rings. The van der Waals surface area contributed by atoms with E-state index in [1.165, 1.54) is 17.8 Å². The molecule has 2 saturated heterocycles. The minimum atomic E-state index is -0.845. The van der Waals surface area contributed by atoms with Crippen LogP contribution in [0.5, 0.6) is 0 Å². The number of aromatic nitrogens is 5. The summed E-state index contributed by atoms with van der Waals surface area (Å²) < 4.78 is 28.2. The van der Waals surface area contributed by atoms with Gasteiger partial charge in [-0.15, -0.1) is 0 Å². The van der Waals surface area contributed by atoms with Crippen LogP contribution < -0.4 is 0 Å². The van der Waals surface area contributed by atoms with Crippen molar-refractivity contribution in [2.24, 2.45) is 0 Å². The molecule has 2 spiro atoms. The van der Waals surface area contributed by atoms with Crippen LogP contribution in [-0.4, -0.2) is 84.5 Å². The van der Waals surface area contributed by atoms with Crippen LogP contribution >= 0.6 is 0 Å². The number of esters is 2. The molecule has 0 radical (unpaired) electrons. The van der Waals surface area contributed by atoms with E-state index in [4.69, 9.17) is 9.47 Å². The quantitative estimate of drug-likeness (QED) is 0.159. The summed E-state index contributed by atoms with van der Waals surface area (Å²) in [7, 11) is 0.